The maximum atomic E-state index is 13.8. The van der Waals surface area contributed by atoms with E-state index in [2.05, 4.69) is 36.9 Å². The molecule has 0 saturated carbocycles. The molecular weight excluding hydrogens is 440 g/mol. The van der Waals surface area contributed by atoms with Gasteiger partial charge in [-0.3, -0.25) is 9.59 Å². The Balaban J connectivity index is 1.53. The van der Waals surface area contributed by atoms with Crippen LogP contribution in [0.4, 0.5) is 5.69 Å². The molecule has 172 valence electrons. The van der Waals surface area contributed by atoms with Gasteiger partial charge in [-0.1, -0.05) is 79.7 Å². The van der Waals surface area contributed by atoms with E-state index in [-0.39, 0.29) is 11.8 Å². The Morgan fingerprint density at radius 3 is 2.18 bits per heavy atom. The lowest BCUT2D eigenvalue weighted by molar-refractivity contribution is -0.121. The van der Waals surface area contributed by atoms with Crippen LogP contribution in [0.25, 0.3) is 0 Å². The zero-order valence-corrected chi connectivity index (χ0v) is 20.6. The average Bonchev–Trinajstić information content (AvgIpc) is 3.09. The van der Waals surface area contributed by atoms with Crippen LogP contribution in [0.15, 0.2) is 88.3 Å². The van der Waals surface area contributed by atoms with E-state index in [0.29, 0.717) is 35.3 Å². The molecule has 0 aliphatic carbocycles. The van der Waals surface area contributed by atoms with Gasteiger partial charge in [-0.2, -0.15) is 0 Å². The van der Waals surface area contributed by atoms with E-state index in [1.54, 1.807) is 0 Å². The molecule has 2 aliphatic rings. The molecule has 0 N–H and O–H groups in total. The van der Waals surface area contributed by atoms with Crippen molar-refractivity contribution in [2.75, 3.05) is 11.4 Å². The Kier molecular flexibility index (Phi) is 6.05. The quantitative estimate of drug-likeness (QED) is 0.427. The molecule has 2 aliphatic heterocycles. The van der Waals surface area contributed by atoms with Crippen LogP contribution in [-0.4, -0.2) is 23.3 Å². The smallest absolute Gasteiger partial charge is 0.283 e. The molecule has 2 heterocycles. The first-order valence-electron chi connectivity index (χ1n) is 11.7. The van der Waals surface area contributed by atoms with E-state index in [9.17, 15) is 9.59 Å². The fraction of sp³-hybridized carbons (Fsp3) is 0.241. The topological polar surface area (TPSA) is 40.6 Å². The lowest BCUT2D eigenvalue weighted by Gasteiger charge is -2.31. The molecule has 5 rings (SSSR count). The molecule has 0 atom stereocenters. The van der Waals surface area contributed by atoms with Gasteiger partial charge in [-0.05, 0) is 60.2 Å². The summed E-state index contributed by atoms with van der Waals surface area (Å²) >= 11 is 1.39. The van der Waals surface area contributed by atoms with Gasteiger partial charge >= 0.3 is 0 Å². The van der Waals surface area contributed by atoms with Crippen molar-refractivity contribution in [3.63, 3.8) is 0 Å². The molecule has 34 heavy (non-hydrogen) atoms. The monoisotopic (exact) mass is 468 g/mol. The molecule has 3 aromatic rings. The molecule has 2 amide bonds. The highest BCUT2D eigenvalue weighted by molar-refractivity contribution is 8.04. The van der Waals surface area contributed by atoms with Crippen molar-refractivity contribution >= 4 is 29.3 Å². The van der Waals surface area contributed by atoms with Crippen molar-refractivity contribution in [2.45, 2.75) is 44.6 Å². The zero-order valence-electron chi connectivity index (χ0n) is 19.7. The maximum absolute atomic E-state index is 13.8. The Hall–Kier alpha value is -3.31. The summed E-state index contributed by atoms with van der Waals surface area (Å²) in [6.45, 7) is 7.64. The van der Waals surface area contributed by atoms with E-state index in [4.69, 9.17) is 0 Å². The predicted molar refractivity (Wildman–Crippen MR) is 138 cm³/mol. The number of anilines is 1. The molecular formula is C29H28N2O2S. The summed E-state index contributed by atoms with van der Waals surface area (Å²) in [6, 6.07) is 24.2. The van der Waals surface area contributed by atoms with Crippen molar-refractivity contribution in [2.24, 2.45) is 0 Å². The number of carbonyl (C=O) groups excluding carboxylic acids is 2. The minimum absolute atomic E-state index is 0.240. The number of benzene rings is 3. The summed E-state index contributed by atoms with van der Waals surface area (Å²) in [5, 5.41) is 0. The molecule has 0 aromatic heterocycles. The van der Waals surface area contributed by atoms with Crippen LogP contribution < -0.4 is 4.90 Å². The second kappa shape index (κ2) is 9.15. The molecule has 3 aromatic carbocycles. The zero-order chi connectivity index (χ0) is 23.8. The molecule has 0 radical (unpaired) electrons. The fourth-order valence-electron chi connectivity index (χ4n) is 4.52. The van der Waals surface area contributed by atoms with Crippen molar-refractivity contribution in [3.05, 3.63) is 106 Å². The van der Waals surface area contributed by atoms with Crippen molar-refractivity contribution < 1.29 is 9.59 Å². The molecule has 0 spiro atoms. The van der Waals surface area contributed by atoms with Gasteiger partial charge in [-0.25, -0.2) is 4.90 Å². The number of thioether (sulfide) groups is 1. The van der Waals surface area contributed by atoms with Crippen molar-refractivity contribution in [1.29, 1.82) is 0 Å². The van der Waals surface area contributed by atoms with Gasteiger partial charge in [0.25, 0.3) is 11.8 Å². The van der Waals surface area contributed by atoms with Gasteiger partial charge in [0.2, 0.25) is 0 Å². The van der Waals surface area contributed by atoms with Crippen LogP contribution in [0.5, 0.6) is 0 Å². The normalized spacial score (nSPS) is 16.0. The van der Waals surface area contributed by atoms with Crippen LogP contribution in [0.3, 0.4) is 0 Å². The number of carbonyl (C=O) groups is 2. The summed E-state index contributed by atoms with van der Waals surface area (Å²) in [5.41, 5.74) is 5.99. The second-order valence-electron chi connectivity index (χ2n) is 9.23. The van der Waals surface area contributed by atoms with Gasteiger partial charge in [0, 0.05) is 18.0 Å². The van der Waals surface area contributed by atoms with Crippen molar-refractivity contribution in [3.8, 4) is 0 Å². The molecule has 0 bridgehead atoms. The number of hydrogen-bond donors (Lipinski definition) is 0. The van der Waals surface area contributed by atoms with Crippen LogP contribution in [-0.2, 0) is 22.6 Å². The predicted octanol–water partition coefficient (Wildman–Crippen LogP) is 6.05. The Morgan fingerprint density at radius 1 is 0.824 bits per heavy atom. The third-order valence-electron chi connectivity index (χ3n) is 6.52. The lowest BCUT2D eigenvalue weighted by Crippen LogP contribution is -2.37. The number of aryl methyl sites for hydroxylation is 1. The SMILES string of the molecule is Cc1ccc(SC2=C(N3CCc4ccccc4C3)C(=O)N(c3ccc(C(C)C)cc3)C2=O)cc1. The van der Waals surface area contributed by atoms with E-state index in [1.165, 1.54) is 33.4 Å². The average molecular weight is 469 g/mol. The van der Waals surface area contributed by atoms with E-state index >= 15 is 0 Å². The van der Waals surface area contributed by atoms with Gasteiger partial charge < -0.3 is 4.90 Å². The number of fused-ring (bicyclic) bond motifs is 1. The molecule has 5 heteroatoms. The molecule has 0 fully saturated rings. The van der Waals surface area contributed by atoms with Gasteiger partial charge in [0.05, 0.1) is 5.69 Å². The number of amides is 2. The van der Waals surface area contributed by atoms with Gasteiger partial charge in [0.15, 0.2) is 0 Å². The fourth-order valence-corrected chi connectivity index (χ4v) is 5.52. The van der Waals surface area contributed by atoms with E-state index in [0.717, 1.165) is 16.9 Å². The molecule has 0 unspecified atom stereocenters. The lowest BCUT2D eigenvalue weighted by atomic mass is 9.99. The third-order valence-corrected chi connectivity index (χ3v) is 7.60. The number of rotatable bonds is 5. The number of imide groups is 1. The van der Waals surface area contributed by atoms with E-state index in [1.807, 2.05) is 61.5 Å². The Morgan fingerprint density at radius 2 is 1.50 bits per heavy atom. The largest absolute Gasteiger partial charge is 0.361 e. The van der Waals surface area contributed by atoms with Crippen LogP contribution in [0, 0.1) is 6.92 Å². The summed E-state index contributed by atoms with van der Waals surface area (Å²) in [6.07, 6.45) is 0.854. The second-order valence-corrected chi connectivity index (χ2v) is 10.3. The van der Waals surface area contributed by atoms with Crippen LogP contribution >= 0.6 is 11.8 Å². The summed E-state index contributed by atoms with van der Waals surface area (Å²) in [7, 11) is 0. The highest BCUT2D eigenvalue weighted by atomic mass is 32.2. The Labute approximate surface area is 205 Å². The number of nitrogens with zero attached hydrogens (tertiary/aromatic N) is 2. The number of hydrogen-bond acceptors (Lipinski definition) is 4. The first kappa shape index (κ1) is 22.5. The van der Waals surface area contributed by atoms with E-state index < -0.39 is 0 Å². The summed E-state index contributed by atoms with van der Waals surface area (Å²) in [4.78, 5) is 32.4. The first-order chi connectivity index (χ1) is 16.4. The standard InChI is InChI=1S/C29H28N2O2S/c1-19(2)21-10-12-24(13-11-21)31-28(32)26(30-17-16-22-6-4-5-7-23(22)18-30)27(29(31)33)34-25-14-8-20(3)9-15-25/h4-15,19H,16-18H2,1-3H3. The third kappa shape index (κ3) is 4.16. The van der Waals surface area contributed by atoms with Gasteiger partial charge in [-0.15, -0.1) is 0 Å². The minimum atomic E-state index is -0.248. The van der Waals surface area contributed by atoms with Crippen molar-refractivity contribution in [1.82, 2.24) is 4.90 Å². The summed E-state index contributed by atoms with van der Waals surface area (Å²) < 4.78 is 0. The first-order valence-corrected chi connectivity index (χ1v) is 12.5. The van der Waals surface area contributed by atoms with Crippen LogP contribution in [0.2, 0.25) is 0 Å². The molecule has 0 saturated heterocycles. The Bertz CT molecular complexity index is 1280. The highest BCUT2D eigenvalue weighted by Crippen LogP contribution is 2.40. The highest BCUT2D eigenvalue weighted by Gasteiger charge is 2.43. The molecule has 4 nitrogen and oxygen atoms in total. The van der Waals surface area contributed by atoms with Gasteiger partial charge in [0.1, 0.15) is 10.6 Å². The van der Waals surface area contributed by atoms with Crippen LogP contribution in [0.1, 0.15) is 42.0 Å². The summed E-state index contributed by atoms with van der Waals surface area (Å²) in [5.74, 6) is -0.105. The maximum Gasteiger partial charge on any atom is 0.283 e. The minimum Gasteiger partial charge on any atom is -0.361 e.